The molecule has 1 amide bonds. The second-order valence-electron chi connectivity index (χ2n) is 4.80. The second-order valence-corrected chi connectivity index (χ2v) is 4.80. The van der Waals surface area contributed by atoms with Crippen molar-refractivity contribution in [3.63, 3.8) is 0 Å². The first-order valence-corrected chi connectivity index (χ1v) is 7.07. The average Bonchev–Trinajstić information content (AvgIpc) is 3.15. The Kier molecular flexibility index (Phi) is 4.57. The Morgan fingerprint density at radius 3 is 2.79 bits per heavy atom. The van der Waals surface area contributed by atoms with E-state index in [0.717, 1.165) is 11.3 Å². The predicted molar refractivity (Wildman–Crippen MR) is 88.2 cm³/mol. The molecule has 8 heteroatoms. The Labute approximate surface area is 137 Å². The third-order valence-corrected chi connectivity index (χ3v) is 3.20. The fraction of sp³-hybridized carbons (Fsp3) is 0.0625. The molecular weight excluding hydrogens is 308 g/mol. The molecule has 0 spiro atoms. The zero-order valence-electron chi connectivity index (χ0n) is 12.8. The molecule has 0 saturated carbocycles. The van der Waals surface area contributed by atoms with E-state index in [1.54, 1.807) is 42.6 Å². The second kappa shape index (κ2) is 7.14. The van der Waals surface area contributed by atoms with Gasteiger partial charge in [0, 0.05) is 11.3 Å². The molecule has 3 rings (SSSR count). The van der Waals surface area contributed by atoms with Gasteiger partial charge in [0.25, 0.3) is 5.91 Å². The number of amides is 1. The SMILES string of the molecule is CO/N=C/c1ccc(C(=O)Nc2cccc(-n3cnnn3)c2)cc1. The van der Waals surface area contributed by atoms with Crippen molar-refractivity contribution >= 4 is 17.8 Å². The number of nitrogens with zero attached hydrogens (tertiary/aromatic N) is 5. The number of carbonyl (C=O) groups excluding carboxylic acids is 1. The van der Waals surface area contributed by atoms with Crippen molar-refractivity contribution in [2.45, 2.75) is 0 Å². The summed E-state index contributed by atoms with van der Waals surface area (Å²) in [7, 11) is 1.47. The third-order valence-electron chi connectivity index (χ3n) is 3.20. The molecule has 0 aliphatic heterocycles. The largest absolute Gasteiger partial charge is 0.399 e. The van der Waals surface area contributed by atoms with Crippen LogP contribution in [-0.4, -0.2) is 39.4 Å². The highest BCUT2D eigenvalue weighted by molar-refractivity contribution is 6.04. The third kappa shape index (κ3) is 3.61. The number of benzene rings is 2. The first-order valence-electron chi connectivity index (χ1n) is 7.07. The minimum absolute atomic E-state index is 0.209. The van der Waals surface area contributed by atoms with Crippen LogP contribution in [0.15, 0.2) is 60.0 Å². The standard InChI is InChI=1S/C16H14N6O2/c1-24-18-10-12-5-7-13(8-6-12)16(23)19-14-3-2-4-15(9-14)22-11-17-20-21-22/h2-11H,1H3,(H,19,23)/b18-10+. The molecule has 1 heterocycles. The lowest BCUT2D eigenvalue weighted by Gasteiger charge is -2.07. The van der Waals surface area contributed by atoms with Crippen LogP contribution in [0.1, 0.15) is 15.9 Å². The van der Waals surface area contributed by atoms with E-state index in [-0.39, 0.29) is 5.91 Å². The Hall–Kier alpha value is -3.55. The summed E-state index contributed by atoms with van der Waals surface area (Å²) in [6.07, 6.45) is 3.05. The summed E-state index contributed by atoms with van der Waals surface area (Å²) in [5, 5.41) is 17.5. The maximum atomic E-state index is 12.3. The molecule has 0 aliphatic carbocycles. The lowest BCUT2D eigenvalue weighted by Crippen LogP contribution is -2.12. The van der Waals surface area contributed by atoms with Gasteiger partial charge in [0.15, 0.2) is 0 Å². The van der Waals surface area contributed by atoms with Crippen LogP contribution in [-0.2, 0) is 4.84 Å². The molecule has 2 aromatic carbocycles. The molecule has 0 bridgehead atoms. The van der Waals surface area contributed by atoms with Gasteiger partial charge in [0.1, 0.15) is 13.4 Å². The maximum absolute atomic E-state index is 12.3. The van der Waals surface area contributed by atoms with E-state index in [2.05, 4.69) is 30.8 Å². The van der Waals surface area contributed by atoms with Crippen molar-refractivity contribution in [3.05, 3.63) is 66.0 Å². The average molecular weight is 322 g/mol. The van der Waals surface area contributed by atoms with Gasteiger partial charge in [-0.3, -0.25) is 4.79 Å². The Balaban J connectivity index is 1.73. The van der Waals surface area contributed by atoms with E-state index in [1.807, 2.05) is 12.1 Å². The predicted octanol–water partition coefficient (Wildman–Crippen LogP) is 1.89. The van der Waals surface area contributed by atoms with E-state index in [4.69, 9.17) is 0 Å². The molecule has 0 atom stereocenters. The molecule has 0 saturated heterocycles. The normalized spacial score (nSPS) is 10.7. The maximum Gasteiger partial charge on any atom is 0.255 e. The quantitative estimate of drug-likeness (QED) is 0.572. The van der Waals surface area contributed by atoms with Gasteiger partial charge in [-0.05, 0) is 46.3 Å². The summed E-state index contributed by atoms with van der Waals surface area (Å²) in [5.41, 5.74) is 2.79. The number of rotatable bonds is 5. The van der Waals surface area contributed by atoms with Crippen LogP contribution in [0.2, 0.25) is 0 Å². The first-order chi connectivity index (χ1) is 11.8. The summed E-state index contributed by atoms with van der Waals surface area (Å²) in [6.45, 7) is 0. The Bertz CT molecular complexity index is 843. The van der Waals surface area contributed by atoms with Crippen molar-refractivity contribution in [3.8, 4) is 5.69 Å². The van der Waals surface area contributed by atoms with Crippen LogP contribution in [0.4, 0.5) is 5.69 Å². The summed E-state index contributed by atoms with van der Waals surface area (Å²) >= 11 is 0. The highest BCUT2D eigenvalue weighted by atomic mass is 16.6. The summed E-state index contributed by atoms with van der Waals surface area (Å²) in [5.74, 6) is -0.209. The van der Waals surface area contributed by atoms with Gasteiger partial charge in [-0.25, -0.2) is 4.68 Å². The molecule has 0 unspecified atom stereocenters. The van der Waals surface area contributed by atoms with Gasteiger partial charge < -0.3 is 10.2 Å². The smallest absolute Gasteiger partial charge is 0.255 e. The number of anilines is 1. The fourth-order valence-corrected chi connectivity index (χ4v) is 2.04. The molecule has 3 aromatic rings. The van der Waals surface area contributed by atoms with Crippen LogP contribution >= 0.6 is 0 Å². The molecule has 8 nitrogen and oxygen atoms in total. The van der Waals surface area contributed by atoms with Gasteiger partial charge in [-0.15, -0.1) is 5.10 Å². The van der Waals surface area contributed by atoms with E-state index < -0.39 is 0 Å². The van der Waals surface area contributed by atoms with Crippen LogP contribution in [0.5, 0.6) is 0 Å². The summed E-state index contributed by atoms with van der Waals surface area (Å²) in [6, 6.07) is 14.3. The van der Waals surface area contributed by atoms with Gasteiger partial charge in [-0.1, -0.05) is 23.4 Å². The van der Waals surface area contributed by atoms with Crippen LogP contribution < -0.4 is 5.32 Å². The number of nitrogens with one attached hydrogen (secondary N) is 1. The molecular formula is C16H14N6O2. The van der Waals surface area contributed by atoms with Crippen molar-refractivity contribution < 1.29 is 9.63 Å². The molecule has 0 fully saturated rings. The molecule has 120 valence electrons. The zero-order valence-corrected chi connectivity index (χ0v) is 12.8. The molecule has 0 aliphatic rings. The minimum Gasteiger partial charge on any atom is -0.399 e. The Morgan fingerprint density at radius 1 is 1.25 bits per heavy atom. The van der Waals surface area contributed by atoms with Crippen molar-refractivity contribution in [1.82, 2.24) is 20.2 Å². The molecule has 1 aromatic heterocycles. The topological polar surface area (TPSA) is 94.3 Å². The van der Waals surface area contributed by atoms with Gasteiger partial charge in [0.05, 0.1) is 11.9 Å². The molecule has 1 N–H and O–H groups in total. The van der Waals surface area contributed by atoms with Crippen molar-refractivity contribution in [2.24, 2.45) is 5.16 Å². The number of tetrazole rings is 1. The van der Waals surface area contributed by atoms with Crippen LogP contribution in [0.25, 0.3) is 5.69 Å². The summed E-state index contributed by atoms with van der Waals surface area (Å²) in [4.78, 5) is 16.9. The highest BCUT2D eigenvalue weighted by Crippen LogP contribution is 2.14. The van der Waals surface area contributed by atoms with Crippen molar-refractivity contribution in [2.75, 3.05) is 12.4 Å². The molecule has 0 radical (unpaired) electrons. The lowest BCUT2D eigenvalue weighted by molar-refractivity contribution is 0.102. The van der Waals surface area contributed by atoms with E-state index in [1.165, 1.54) is 18.1 Å². The van der Waals surface area contributed by atoms with Gasteiger partial charge in [-0.2, -0.15) is 0 Å². The first kappa shape index (κ1) is 15.3. The highest BCUT2D eigenvalue weighted by Gasteiger charge is 2.07. The number of hydrogen-bond acceptors (Lipinski definition) is 6. The fourth-order valence-electron chi connectivity index (χ4n) is 2.04. The van der Waals surface area contributed by atoms with Crippen LogP contribution in [0, 0.1) is 0 Å². The van der Waals surface area contributed by atoms with Gasteiger partial charge in [0.2, 0.25) is 0 Å². The summed E-state index contributed by atoms with van der Waals surface area (Å²) < 4.78 is 1.51. The van der Waals surface area contributed by atoms with Gasteiger partial charge >= 0.3 is 0 Å². The number of oxime groups is 1. The Morgan fingerprint density at radius 2 is 2.08 bits per heavy atom. The van der Waals surface area contributed by atoms with Crippen molar-refractivity contribution in [1.29, 1.82) is 0 Å². The van der Waals surface area contributed by atoms with E-state index in [9.17, 15) is 4.79 Å². The lowest BCUT2D eigenvalue weighted by atomic mass is 10.1. The van der Waals surface area contributed by atoms with Crippen LogP contribution in [0.3, 0.4) is 0 Å². The van der Waals surface area contributed by atoms with E-state index in [0.29, 0.717) is 11.3 Å². The van der Waals surface area contributed by atoms with E-state index >= 15 is 0 Å². The number of hydrogen-bond donors (Lipinski definition) is 1. The molecule has 24 heavy (non-hydrogen) atoms. The monoisotopic (exact) mass is 322 g/mol. The minimum atomic E-state index is -0.209. The number of carbonyl (C=O) groups is 1. The number of aromatic nitrogens is 4. The zero-order chi connectivity index (χ0) is 16.8.